The number of para-hydroxylation sites is 1. The van der Waals surface area contributed by atoms with E-state index in [0.717, 1.165) is 0 Å². The Bertz CT molecular complexity index is 430. The minimum absolute atomic E-state index is 0.153. The molecule has 0 fully saturated rings. The van der Waals surface area contributed by atoms with Gasteiger partial charge in [-0.3, -0.25) is 4.79 Å². The maximum absolute atomic E-state index is 13.2. The van der Waals surface area contributed by atoms with E-state index in [4.69, 9.17) is 5.73 Å². The van der Waals surface area contributed by atoms with Crippen molar-refractivity contribution in [2.24, 2.45) is 5.73 Å². The smallest absolute Gasteiger partial charge is 0.253 e. The van der Waals surface area contributed by atoms with E-state index in [1.54, 1.807) is 6.07 Å². The van der Waals surface area contributed by atoms with Crippen LogP contribution in [0.5, 0.6) is 0 Å². The molecule has 72 valence electrons. The number of hydrogen-bond donors (Lipinski definition) is 2. The summed E-state index contributed by atoms with van der Waals surface area (Å²) in [6.45, 7) is 3.49. The minimum Gasteiger partial charge on any atom is -0.321 e. The molecular formula is C10H9FN2O. The quantitative estimate of drug-likeness (QED) is 0.655. The van der Waals surface area contributed by atoms with Crippen LogP contribution in [0, 0.1) is 5.82 Å². The zero-order chi connectivity index (χ0) is 10.3. The van der Waals surface area contributed by atoms with Gasteiger partial charge in [0.2, 0.25) is 0 Å². The second kappa shape index (κ2) is 2.65. The fraction of sp³-hybridized carbons (Fsp3) is 0.100. The maximum Gasteiger partial charge on any atom is 0.253 e. The normalized spacial score (nSPS) is 24.3. The van der Waals surface area contributed by atoms with E-state index in [1.165, 1.54) is 18.2 Å². The van der Waals surface area contributed by atoms with Crippen LogP contribution in [0.25, 0.3) is 0 Å². The number of nitrogens with two attached hydrogens (primary N) is 1. The van der Waals surface area contributed by atoms with Crippen LogP contribution in [0.2, 0.25) is 0 Å². The van der Waals surface area contributed by atoms with E-state index in [9.17, 15) is 9.18 Å². The van der Waals surface area contributed by atoms with Crippen LogP contribution in [-0.4, -0.2) is 5.91 Å². The number of benzene rings is 1. The summed E-state index contributed by atoms with van der Waals surface area (Å²) in [7, 11) is 0. The summed E-state index contributed by atoms with van der Waals surface area (Å²) in [5, 5.41) is 2.40. The molecule has 14 heavy (non-hydrogen) atoms. The van der Waals surface area contributed by atoms with Gasteiger partial charge in [0.15, 0.2) is 0 Å². The first-order valence-corrected chi connectivity index (χ1v) is 4.12. The van der Waals surface area contributed by atoms with Gasteiger partial charge in [-0.25, -0.2) is 4.39 Å². The Labute approximate surface area is 80.4 Å². The van der Waals surface area contributed by atoms with Crippen LogP contribution in [0.3, 0.4) is 0 Å². The molecule has 1 atom stereocenters. The number of carbonyl (C=O) groups is 1. The van der Waals surface area contributed by atoms with Crippen molar-refractivity contribution in [2.75, 3.05) is 5.32 Å². The van der Waals surface area contributed by atoms with Crippen LogP contribution in [0.15, 0.2) is 30.9 Å². The topological polar surface area (TPSA) is 55.1 Å². The molecule has 4 heteroatoms. The van der Waals surface area contributed by atoms with Gasteiger partial charge in [-0.15, -0.1) is 6.58 Å². The molecule has 3 N–H and O–H groups in total. The molecule has 1 amide bonds. The highest BCUT2D eigenvalue weighted by atomic mass is 19.1. The third-order valence-corrected chi connectivity index (χ3v) is 2.40. The first kappa shape index (κ1) is 8.90. The number of hydrogen-bond acceptors (Lipinski definition) is 2. The summed E-state index contributed by atoms with van der Waals surface area (Å²) >= 11 is 0. The lowest BCUT2D eigenvalue weighted by Crippen LogP contribution is -2.41. The summed E-state index contributed by atoms with van der Waals surface area (Å²) in [6, 6.07) is 4.39. The number of carbonyl (C=O) groups excluding carboxylic acids is 1. The van der Waals surface area contributed by atoms with Crippen LogP contribution in [0.4, 0.5) is 10.1 Å². The molecule has 0 radical (unpaired) electrons. The van der Waals surface area contributed by atoms with Crippen LogP contribution < -0.4 is 11.1 Å². The number of nitrogens with one attached hydrogen (secondary N) is 1. The molecule has 0 saturated carbocycles. The van der Waals surface area contributed by atoms with Gasteiger partial charge in [0, 0.05) is 5.56 Å². The van der Waals surface area contributed by atoms with Gasteiger partial charge in [-0.2, -0.15) is 0 Å². The first-order valence-electron chi connectivity index (χ1n) is 4.12. The second-order valence-corrected chi connectivity index (χ2v) is 3.19. The van der Waals surface area contributed by atoms with Gasteiger partial charge in [0.1, 0.15) is 11.4 Å². The zero-order valence-corrected chi connectivity index (χ0v) is 7.38. The molecule has 0 saturated heterocycles. The van der Waals surface area contributed by atoms with E-state index in [-0.39, 0.29) is 5.69 Å². The standard InChI is InChI=1S/C10H9FN2O/c1-2-10(12)6-4-3-5-7(11)8(6)13-9(10)14/h2-5H,1,12H2,(H,13,14)/t10-/m0/s1. The molecule has 1 aliphatic rings. The number of rotatable bonds is 1. The lowest BCUT2D eigenvalue weighted by atomic mass is 9.93. The molecular weight excluding hydrogens is 183 g/mol. The van der Waals surface area contributed by atoms with Crippen molar-refractivity contribution in [3.63, 3.8) is 0 Å². The van der Waals surface area contributed by atoms with E-state index in [2.05, 4.69) is 11.9 Å². The summed E-state index contributed by atoms with van der Waals surface area (Å²) in [5.41, 5.74) is 5.06. The van der Waals surface area contributed by atoms with Gasteiger partial charge in [0.25, 0.3) is 5.91 Å². The third kappa shape index (κ3) is 0.914. The Morgan fingerprint density at radius 2 is 2.29 bits per heavy atom. The first-order chi connectivity index (χ1) is 6.59. The van der Waals surface area contributed by atoms with Gasteiger partial charge in [0.05, 0.1) is 5.69 Å². The summed E-state index contributed by atoms with van der Waals surface area (Å²) in [4.78, 5) is 11.5. The molecule has 1 aromatic rings. The second-order valence-electron chi connectivity index (χ2n) is 3.19. The highest BCUT2D eigenvalue weighted by Gasteiger charge is 2.42. The lowest BCUT2D eigenvalue weighted by molar-refractivity contribution is -0.119. The van der Waals surface area contributed by atoms with E-state index < -0.39 is 17.3 Å². The predicted octanol–water partition coefficient (Wildman–Crippen LogP) is 1.12. The van der Waals surface area contributed by atoms with Gasteiger partial charge >= 0.3 is 0 Å². The molecule has 2 rings (SSSR count). The minimum atomic E-state index is -1.31. The van der Waals surface area contributed by atoms with Crippen molar-refractivity contribution in [3.05, 3.63) is 42.2 Å². The highest BCUT2D eigenvalue weighted by Crippen LogP contribution is 2.36. The van der Waals surface area contributed by atoms with Crippen molar-refractivity contribution in [3.8, 4) is 0 Å². The molecule has 3 nitrogen and oxygen atoms in total. The Morgan fingerprint density at radius 3 is 2.93 bits per heavy atom. The van der Waals surface area contributed by atoms with Gasteiger partial charge in [-0.05, 0) is 6.07 Å². The highest BCUT2D eigenvalue weighted by molar-refractivity contribution is 6.07. The van der Waals surface area contributed by atoms with Crippen molar-refractivity contribution in [1.82, 2.24) is 0 Å². The Hall–Kier alpha value is -1.68. The van der Waals surface area contributed by atoms with E-state index in [1.807, 2.05) is 0 Å². The van der Waals surface area contributed by atoms with Gasteiger partial charge in [-0.1, -0.05) is 18.2 Å². The van der Waals surface area contributed by atoms with E-state index in [0.29, 0.717) is 5.56 Å². The molecule has 0 bridgehead atoms. The number of fused-ring (bicyclic) bond motifs is 1. The molecule has 0 aromatic heterocycles. The largest absolute Gasteiger partial charge is 0.321 e. The third-order valence-electron chi connectivity index (χ3n) is 2.40. The Balaban J connectivity index is 2.70. The molecule has 1 aliphatic heterocycles. The van der Waals surface area contributed by atoms with Gasteiger partial charge < -0.3 is 11.1 Å². The average Bonchev–Trinajstić information content (AvgIpc) is 2.43. The predicted molar refractivity (Wildman–Crippen MR) is 51.1 cm³/mol. The monoisotopic (exact) mass is 192 g/mol. The summed E-state index contributed by atoms with van der Waals surface area (Å²) in [6.07, 6.45) is 1.31. The molecule has 0 spiro atoms. The average molecular weight is 192 g/mol. The molecule has 0 aliphatic carbocycles. The van der Waals surface area contributed by atoms with Crippen LogP contribution >= 0.6 is 0 Å². The zero-order valence-electron chi connectivity index (χ0n) is 7.38. The SMILES string of the molecule is C=C[C@@]1(N)C(=O)Nc2c(F)cccc21. The lowest BCUT2D eigenvalue weighted by Gasteiger charge is -2.16. The van der Waals surface area contributed by atoms with Crippen LogP contribution in [0.1, 0.15) is 5.56 Å². The Morgan fingerprint density at radius 1 is 1.57 bits per heavy atom. The maximum atomic E-state index is 13.2. The summed E-state index contributed by atoms with van der Waals surface area (Å²) < 4.78 is 13.2. The van der Waals surface area contributed by atoms with Crippen molar-refractivity contribution in [2.45, 2.75) is 5.54 Å². The number of anilines is 1. The fourth-order valence-electron chi connectivity index (χ4n) is 1.54. The number of amides is 1. The molecule has 0 unspecified atom stereocenters. The van der Waals surface area contributed by atoms with Crippen molar-refractivity contribution < 1.29 is 9.18 Å². The van der Waals surface area contributed by atoms with Crippen molar-refractivity contribution >= 4 is 11.6 Å². The summed E-state index contributed by atoms with van der Waals surface area (Å²) in [5.74, 6) is -0.933. The fourth-order valence-corrected chi connectivity index (χ4v) is 1.54. The van der Waals surface area contributed by atoms with Crippen LogP contribution in [-0.2, 0) is 10.3 Å². The van der Waals surface area contributed by atoms with E-state index >= 15 is 0 Å². The Kier molecular flexibility index (Phi) is 1.69. The van der Waals surface area contributed by atoms with Crippen molar-refractivity contribution in [1.29, 1.82) is 0 Å². The molecule has 1 aromatic carbocycles. The molecule has 1 heterocycles. The number of halogens is 1.